The molecule has 1 atom stereocenters. The van der Waals surface area contributed by atoms with Gasteiger partial charge in [-0.25, -0.2) is 4.98 Å². The van der Waals surface area contributed by atoms with Gasteiger partial charge in [-0.05, 0) is 30.7 Å². The number of thiazole rings is 1. The first-order valence-electron chi connectivity index (χ1n) is 7.01. The molecule has 0 spiro atoms. The van der Waals surface area contributed by atoms with Gasteiger partial charge >= 0.3 is 0 Å². The number of hydrogen-bond donors (Lipinski definition) is 2. The lowest BCUT2D eigenvalue weighted by molar-refractivity contribution is 0.0952. The molecule has 2 heterocycles. The summed E-state index contributed by atoms with van der Waals surface area (Å²) in [5.41, 5.74) is 6.44. The highest BCUT2D eigenvalue weighted by atomic mass is 32.1. The molecule has 1 aliphatic heterocycles. The zero-order chi connectivity index (χ0) is 15.5. The van der Waals surface area contributed by atoms with Crippen molar-refractivity contribution in [3.63, 3.8) is 0 Å². The fraction of sp³-hybridized carbons (Fsp3) is 0.333. The molecule has 3 N–H and O–H groups in total. The van der Waals surface area contributed by atoms with Crippen molar-refractivity contribution in [1.29, 1.82) is 0 Å². The number of amides is 1. The van der Waals surface area contributed by atoms with Gasteiger partial charge < -0.3 is 20.5 Å². The van der Waals surface area contributed by atoms with E-state index >= 15 is 0 Å². The number of nitrogens with zero attached hydrogens (tertiary/aromatic N) is 1. The van der Waals surface area contributed by atoms with Crippen LogP contribution in [0.4, 0.5) is 0 Å². The summed E-state index contributed by atoms with van der Waals surface area (Å²) >= 11 is 1.35. The highest BCUT2D eigenvalue weighted by molar-refractivity contribution is 7.16. The van der Waals surface area contributed by atoms with Gasteiger partial charge in [0, 0.05) is 12.1 Å². The third-order valence-electron chi connectivity index (χ3n) is 3.36. The van der Waals surface area contributed by atoms with Gasteiger partial charge in [-0.2, -0.15) is 0 Å². The fourth-order valence-electron chi connectivity index (χ4n) is 1.98. The van der Waals surface area contributed by atoms with Crippen LogP contribution in [0.25, 0.3) is 10.6 Å². The van der Waals surface area contributed by atoms with Crippen LogP contribution in [0.5, 0.6) is 11.5 Å². The molecule has 0 bridgehead atoms. The lowest BCUT2D eigenvalue weighted by atomic mass is 10.2. The molecule has 1 aromatic carbocycles. The minimum Gasteiger partial charge on any atom is -0.454 e. The maximum atomic E-state index is 12.1. The Hall–Kier alpha value is -2.12. The Balaban J connectivity index is 1.72. The molecule has 7 heteroatoms. The van der Waals surface area contributed by atoms with Crippen LogP contribution in [0.15, 0.2) is 24.4 Å². The Bertz CT molecular complexity index is 686. The highest BCUT2D eigenvalue weighted by Gasteiger charge is 2.17. The zero-order valence-electron chi connectivity index (χ0n) is 12.2. The number of ether oxygens (including phenoxy) is 2. The van der Waals surface area contributed by atoms with Crippen LogP contribution in [-0.2, 0) is 0 Å². The van der Waals surface area contributed by atoms with Crippen molar-refractivity contribution in [3.05, 3.63) is 29.3 Å². The average molecular weight is 319 g/mol. The van der Waals surface area contributed by atoms with E-state index in [1.807, 2.05) is 25.1 Å². The number of benzene rings is 1. The van der Waals surface area contributed by atoms with Gasteiger partial charge in [0.1, 0.15) is 9.88 Å². The number of rotatable bonds is 5. The first-order valence-corrected chi connectivity index (χ1v) is 7.83. The van der Waals surface area contributed by atoms with E-state index in [0.29, 0.717) is 23.7 Å². The zero-order valence-corrected chi connectivity index (χ0v) is 13.0. The molecule has 0 saturated carbocycles. The van der Waals surface area contributed by atoms with Crippen LogP contribution < -0.4 is 20.5 Å². The van der Waals surface area contributed by atoms with Crippen molar-refractivity contribution < 1.29 is 14.3 Å². The molecular weight excluding hydrogens is 302 g/mol. The number of aromatic nitrogens is 1. The second-order valence-corrected chi connectivity index (χ2v) is 6.18. The molecule has 1 unspecified atom stereocenters. The van der Waals surface area contributed by atoms with Gasteiger partial charge in [-0.1, -0.05) is 6.92 Å². The monoisotopic (exact) mass is 319 g/mol. The van der Waals surface area contributed by atoms with E-state index in [2.05, 4.69) is 10.3 Å². The van der Waals surface area contributed by atoms with E-state index in [1.165, 1.54) is 11.3 Å². The number of carbonyl (C=O) groups excluding carboxylic acids is 1. The van der Waals surface area contributed by atoms with Gasteiger partial charge in [0.2, 0.25) is 6.79 Å². The standard InChI is InChI=1S/C15H17N3O3S/c1-9(5-16)6-17-14(19)13-7-18-15(22-13)10-2-3-11-12(4-10)21-8-20-11/h2-4,7,9H,5-6,8,16H2,1H3,(H,17,19). The summed E-state index contributed by atoms with van der Waals surface area (Å²) in [6.07, 6.45) is 1.59. The first kappa shape index (κ1) is 14.8. The number of nitrogens with two attached hydrogens (primary N) is 1. The maximum absolute atomic E-state index is 12.1. The molecule has 0 saturated heterocycles. The van der Waals surface area contributed by atoms with E-state index in [9.17, 15) is 4.79 Å². The Morgan fingerprint density at radius 2 is 2.27 bits per heavy atom. The molecule has 0 fully saturated rings. The number of nitrogens with one attached hydrogen (secondary N) is 1. The quantitative estimate of drug-likeness (QED) is 0.878. The second-order valence-electron chi connectivity index (χ2n) is 5.15. The van der Waals surface area contributed by atoms with Crippen molar-refractivity contribution in [1.82, 2.24) is 10.3 Å². The van der Waals surface area contributed by atoms with Crippen molar-refractivity contribution in [2.75, 3.05) is 19.9 Å². The Morgan fingerprint density at radius 3 is 3.09 bits per heavy atom. The predicted octanol–water partition coefficient (Wildman–Crippen LogP) is 1.86. The maximum Gasteiger partial charge on any atom is 0.263 e. The second kappa shape index (κ2) is 6.33. The van der Waals surface area contributed by atoms with Gasteiger partial charge in [-0.15, -0.1) is 11.3 Å². The summed E-state index contributed by atoms with van der Waals surface area (Å²) in [5, 5.41) is 3.64. The molecule has 1 aliphatic rings. The summed E-state index contributed by atoms with van der Waals surface area (Å²) in [5.74, 6) is 1.57. The normalized spacial score (nSPS) is 13.9. The van der Waals surface area contributed by atoms with E-state index in [1.54, 1.807) is 6.20 Å². The number of fused-ring (bicyclic) bond motifs is 1. The van der Waals surface area contributed by atoms with Crippen molar-refractivity contribution in [3.8, 4) is 22.1 Å². The van der Waals surface area contributed by atoms with Crippen LogP contribution in [0.2, 0.25) is 0 Å². The summed E-state index contributed by atoms with van der Waals surface area (Å²) in [7, 11) is 0. The fourth-order valence-corrected chi connectivity index (χ4v) is 2.81. The highest BCUT2D eigenvalue weighted by Crippen LogP contribution is 2.36. The SMILES string of the molecule is CC(CN)CNC(=O)c1cnc(-c2ccc3c(c2)OCO3)s1. The average Bonchev–Trinajstić information content (AvgIpc) is 3.20. The smallest absolute Gasteiger partial charge is 0.263 e. The van der Waals surface area contributed by atoms with E-state index in [4.69, 9.17) is 15.2 Å². The molecule has 6 nitrogen and oxygen atoms in total. The van der Waals surface area contributed by atoms with Crippen molar-refractivity contribution >= 4 is 17.2 Å². The predicted molar refractivity (Wildman–Crippen MR) is 84.2 cm³/mol. The third-order valence-corrected chi connectivity index (χ3v) is 4.41. The summed E-state index contributed by atoms with van der Waals surface area (Å²) in [6, 6.07) is 5.63. The van der Waals surface area contributed by atoms with E-state index in [0.717, 1.165) is 16.3 Å². The number of carbonyl (C=O) groups is 1. The van der Waals surface area contributed by atoms with Gasteiger partial charge in [0.25, 0.3) is 5.91 Å². The molecule has 0 aliphatic carbocycles. The molecule has 1 amide bonds. The van der Waals surface area contributed by atoms with Gasteiger partial charge in [0.15, 0.2) is 11.5 Å². The van der Waals surface area contributed by atoms with Crippen molar-refractivity contribution in [2.45, 2.75) is 6.92 Å². The molecule has 2 aromatic rings. The van der Waals surface area contributed by atoms with Crippen LogP contribution in [-0.4, -0.2) is 30.8 Å². The minimum atomic E-state index is -0.121. The lowest BCUT2D eigenvalue weighted by Gasteiger charge is -2.08. The summed E-state index contributed by atoms with van der Waals surface area (Å²) < 4.78 is 10.6. The van der Waals surface area contributed by atoms with Crippen LogP contribution >= 0.6 is 11.3 Å². The first-order chi connectivity index (χ1) is 10.7. The Kier molecular flexibility index (Phi) is 4.26. The topological polar surface area (TPSA) is 86.5 Å². The molecule has 3 rings (SSSR count). The molecule has 0 radical (unpaired) electrons. The van der Waals surface area contributed by atoms with Gasteiger partial charge in [0.05, 0.1) is 6.20 Å². The van der Waals surface area contributed by atoms with Crippen LogP contribution in [0, 0.1) is 5.92 Å². The Morgan fingerprint density at radius 1 is 1.45 bits per heavy atom. The minimum absolute atomic E-state index is 0.121. The summed E-state index contributed by atoms with van der Waals surface area (Å²) in [4.78, 5) is 17.0. The van der Waals surface area contributed by atoms with Gasteiger partial charge in [-0.3, -0.25) is 4.79 Å². The molecular formula is C15H17N3O3S. The largest absolute Gasteiger partial charge is 0.454 e. The molecule has 116 valence electrons. The third kappa shape index (κ3) is 3.05. The summed E-state index contributed by atoms with van der Waals surface area (Å²) in [6.45, 7) is 3.34. The van der Waals surface area contributed by atoms with Crippen molar-refractivity contribution in [2.24, 2.45) is 11.7 Å². The number of hydrogen-bond acceptors (Lipinski definition) is 6. The molecule has 22 heavy (non-hydrogen) atoms. The molecule has 1 aromatic heterocycles. The van der Waals surface area contributed by atoms with Crippen LogP contribution in [0.1, 0.15) is 16.6 Å². The van der Waals surface area contributed by atoms with E-state index in [-0.39, 0.29) is 18.6 Å². The Labute approximate surface area is 132 Å². The van der Waals surface area contributed by atoms with Crippen LogP contribution in [0.3, 0.4) is 0 Å². The lowest BCUT2D eigenvalue weighted by Crippen LogP contribution is -2.30. The van der Waals surface area contributed by atoms with E-state index < -0.39 is 0 Å².